The second kappa shape index (κ2) is 9.25. The molecule has 1 aromatic heterocycles. The lowest BCUT2D eigenvalue weighted by Gasteiger charge is -2.38. The van der Waals surface area contributed by atoms with E-state index in [4.69, 9.17) is 0 Å². The summed E-state index contributed by atoms with van der Waals surface area (Å²) in [6.07, 6.45) is 4.80. The summed E-state index contributed by atoms with van der Waals surface area (Å²) in [7, 11) is 1.95. The molecule has 2 aliphatic rings. The quantitative estimate of drug-likeness (QED) is 0.880. The minimum Gasteiger partial charge on any atom is -0.353 e. The molecule has 0 aromatic carbocycles. The molecule has 2 saturated heterocycles. The van der Waals surface area contributed by atoms with E-state index in [1.54, 1.807) is 6.20 Å². The second-order valence-corrected chi connectivity index (χ2v) is 5.96. The molecule has 23 heavy (non-hydrogen) atoms. The van der Waals surface area contributed by atoms with Gasteiger partial charge in [-0.25, -0.2) is 0 Å². The van der Waals surface area contributed by atoms with Crippen LogP contribution in [-0.4, -0.2) is 60.3 Å². The number of piperidine rings is 1. The van der Waals surface area contributed by atoms with Crippen LogP contribution < -0.4 is 10.2 Å². The monoisotopic (exact) mass is 361 g/mol. The van der Waals surface area contributed by atoms with Crippen molar-refractivity contribution in [1.82, 2.24) is 20.4 Å². The number of nitrogens with one attached hydrogen (secondary N) is 1. The van der Waals surface area contributed by atoms with Gasteiger partial charge in [0.1, 0.15) is 0 Å². The number of hydrogen-bond acceptors (Lipinski definition) is 5. The van der Waals surface area contributed by atoms with E-state index in [1.807, 2.05) is 24.1 Å². The van der Waals surface area contributed by atoms with Crippen LogP contribution in [0.5, 0.6) is 0 Å². The van der Waals surface area contributed by atoms with Gasteiger partial charge in [-0.05, 0) is 37.9 Å². The number of aromatic nitrogens is 2. The van der Waals surface area contributed by atoms with E-state index in [2.05, 4.69) is 20.4 Å². The lowest BCUT2D eigenvalue weighted by molar-refractivity contribution is -0.135. The summed E-state index contributed by atoms with van der Waals surface area (Å²) in [6, 6.07) is 4.16. The Bertz CT molecular complexity index is 484. The van der Waals surface area contributed by atoms with Crippen molar-refractivity contribution >= 4 is 36.5 Å². The van der Waals surface area contributed by atoms with Crippen molar-refractivity contribution in [3.05, 3.63) is 18.3 Å². The Kier molecular flexibility index (Phi) is 8.02. The van der Waals surface area contributed by atoms with Gasteiger partial charge in [-0.15, -0.1) is 29.9 Å². The number of carbonyl (C=O) groups is 1. The summed E-state index contributed by atoms with van der Waals surface area (Å²) in [6.45, 7) is 3.62. The van der Waals surface area contributed by atoms with Crippen molar-refractivity contribution in [2.24, 2.45) is 5.92 Å². The molecule has 0 bridgehead atoms. The van der Waals surface area contributed by atoms with Gasteiger partial charge in [-0.1, -0.05) is 0 Å². The van der Waals surface area contributed by atoms with Gasteiger partial charge in [-0.2, -0.15) is 5.10 Å². The third kappa shape index (κ3) is 4.68. The van der Waals surface area contributed by atoms with Gasteiger partial charge in [0.15, 0.2) is 5.82 Å². The zero-order valence-electron chi connectivity index (χ0n) is 13.4. The molecule has 2 atom stereocenters. The maximum absolute atomic E-state index is 12.5. The highest BCUT2D eigenvalue weighted by atomic mass is 35.5. The predicted octanol–water partition coefficient (Wildman–Crippen LogP) is 1.36. The van der Waals surface area contributed by atoms with Gasteiger partial charge in [0.25, 0.3) is 0 Å². The molecule has 2 fully saturated rings. The molecule has 0 spiro atoms. The first-order valence-electron chi connectivity index (χ1n) is 7.76. The predicted molar refractivity (Wildman–Crippen MR) is 95.5 cm³/mol. The van der Waals surface area contributed by atoms with Gasteiger partial charge >= 0.3 is 0 Å². The molecule has 2 aliphatic heterocycles. The van der Waals surface area contributed by atoms with Crippen molar-refractivity contribution in [3.63, 3.8) is 0 Å². The minimum absolute atomic E-state index is 0. The normalized spacial score (nSPS) is 23.6. The average molecular weight is 362 g/mol. The summed E-state index contributed by atoms with van der Waals surface area (Å²) in [5, 5.41) is 11.4. The molecule has 2 unspecified atom stereocenters. The van der Waals surface area contributed by atoms with E-state index in [0.717, 1.165) is 51.3 Å². The summed E-state index contributed by atoms with van der Waals surface area (Å²) >= 11 is 0. The Morgan fingerprint density at radius 3 is 2.87 bits per heavy atom. The molecule has 3 heterocycles. The minimum atomic E-state index is 0. The first-order valence-corrected chi connectivity index (χ1v) is 7.76. The standard InChI is InChI=1S/C15H23N5O.2ClH/c1-19(15(21)12-6-8-16-10-12)13-4-3-9-20(11-13)14-5-2-7-17-18-14;;/h2,5,7,12-13,16H,3-4,6,8-11H2,1H3;2*1H. The Hall–Kier alpha value is -1.11. The highest BCUT2D eigenvalue weighted by Gasteiger charge is 2.31. The van der Waals surface area contributed by atoms with Gasteiger partial charge in [0.05, 0.1) is 5.92 Å². The van der Waals surface area contributed by atoms with Gasteiger partial charge < -0.3 is 15.1 Å². The number of carbonyl (C=O) groups excluding carboxylic acids is 1. The van der Waals surface area contributed by atoms with Crippen LogP contribution in [0.25, 0.3) is 0 Å². The highest BCUT2D eigenvalue weighted by Crippen LogP contribution is 2.21. The van der Waals surface area contributed by atoms with E-state index in [9.17, 15) is 4.79 Å². The smallest absolute Gasteiger partial charge is 0.227 e. The third-order valence-corrected chi connectivity index (χ3v) is 4.58. The summed E-state index contributed by atoms with van der Waals surface area (Å²) in [4.78, 5) is 16.7. The van der Waals surface area contributed by atoms with Crippen LogP contribution in [0.15, 0.2) is 18.3 Å². The lowest BCUT2D eigenvalue weighted by atomic mass is 10.0. The van der Waals surface area contributed by atoms with Crippen LogP contribution in [-0.2, 0) is 4.79 Å². The average Bonchev–Trinajstić information content (AvgIpc) is 3.09. The number of rotatable bonds is 3. The van der Waals surface area contributed by atoms with Gasteiger partial charge in [0.2, 0.25) is 5.91 Å². The van der Waals surface area contributed by atoms with E-state index in [1.165, 1.54) is 0 Å². The number of anilines is 1. The van der Waals surface area contributed by atoms with Crippen LogP contribution in [0.4, 0.5) is 5.82 Å². The largest absolute Gasteiger partial charge is 0.353 e. The molecular formula is C15H25Cl2N5O. The first-order chi connectivity index (χ1) is 10.3. The maximum Gasteiger partial charge on any atom is 0.227 e. The highest BCUT2D eigenvalue weighted by molar-refractivity contribution is 5.85. The fourth-order valence-corrected chi connectivity index (χ4v) is 3.27. The maximum atomic E-state index is 12.5. The molecule has 1 N–H and O–H groups in total. The van der Waals surface area contributed by atoms with Gasteiger partial charge in [-0.3, -0.25) is 4.79 Å². The number of halogens is 2. The molecule has 8 heteroatoms. The molecule has 130 valence electrons. The Morgan fingerprint density at radius 2 is 2.22 bits per heavy atom. The van der Waals surface area contributed by atoms with Crippen LogP contribution >= 0.6 is 24.8 Å². The van der Waals surface area contributed by atoms with Crippen LogP contribution in [0.2, 0.25) is 0 Å². The van der Waals surface area contributed by atoms with E-state index >= 15 is 0 Å². The number of likely N-dealkylation sites (N-methyl/N-ethyl adjacent to an activating group) is 1. The Labute approximate surface area is 149 Å². The Balaban J connectivity index is 0.00000132. The van der Waals surface area contributed by atoms with Crippen molar-refractivity contribution in [1.29, 1.82) is 0 Å². The molecule has 0 saturated carbocycles. The van der Waals surface area contributed by atoms with Crippen molar-refractivity contribution in [2.75, 3.05) is 38.1 Å². The van der Waals surface area contributed by atoms with Crippen molar-refractivity contribution < 1.29 is 4.79 Å². The van der Waals surface area contributed by atoms with Crippen LogP contribution in [0.1, 0.15) is 19.3 Å². The first kappa shape index (κ1) is 19.9. The fraction of sp³-hybridized carbons (Fsp3) is 0.667. The van der Waals surface area contributed by atoms with Crippen LogP contribution in [0, 0.1) is 5.92 Å². The molecule has 0 aliphatic carbocycles. The third-order valence-electron chi connectivity index (χ3n) is 4.58. The zero-order valence-corrected chi connectivity index (χ0v) is 15.0. The second-order valence-electron chi connectivity index (χ2n) is 5.96. The van der Waals surface area contributed by atoms with Gasteiger partial charge in [0, 0.05) is 38.9 Å². The molecule has 1 aromatic rings. The Morgan fingerprint density at radius 1 is 1.39 bits per heavy atom. The fourth-order valence-electron chi connectivity index (χ4n) is 3.27. The summed E-state index contributed by atoms with van der Waals surface area (Å²) in [5.41, 5.74) is 0. The number of hydrogen-bond donors (Lipinski definition) is 1. The molecular weight excluding hydrogens is 337 g/mol. The summed E-state index contributed by atoms with van der Waals surface area (Å²) < 4.78 is 0. The topological polar surface area (TPSA) is 61.4 Å². The number of nitrogens with zero attached hydrogens (tertiary/aromatic N) is 4. The number of amides is 1. The van der Waals surface area contributed by atoms with Crippen molar-refractivity contribution in [2.45, 2.75) is 25.3 Å². The van der Waals surface area contributed by atoms with Crippen LogP contribution in [0.3, 0.4) is 0 Å². The summed E-state index contributed by atoms with van der Waals surface area (Å²) in [5.74, 6) is 1.35. The van der Waals surface area contributed by atoms with E-state index < -0.39 is 0 Å². The van der Waals surface area contributed by atoms with E-state index in [0.29, 0.717) is 0 Å². The molecule has 3 rings (SSSR count). The van der Waals surface area contributed by atoms with E-state index in [-0.39, 0.29) is 42.7 Å². The molecule has 6 nitrogen and oxygen atoms in total. The lowest BCUT2D eigenvalue weighted by Crippen LogP contribution is -2.50. The molecule has 0 radical (unpaired) electrons. The van der Waals surface area contributed by atoms with Crippen molar-refractivity contribution in [3.8, 4) is 0 Å². The molecule has 1 amide bonds. The zero-order chi connectivity index (χ0) is 14.7. The SMILES string of the molecule is CN(C(=O)C1CCNC1)C1CCCN(c2cccnn2)C1.Cl.Cl.